The van der Waals surface area contributed by atoms with Crippen LogP contribution in [0, 0.1) is 0 Å². The minimum Gasteiger partial charge on any atom is -0.369 e. The highest BCUT2D eigenvalue weighted by Gasteiger charge is 2.30. The number of nitrogens with one attached hydrogen (secondary N) is 1. The Morgan fingerprint density at radius 3 is 2.36 bits per heavy atom. The van der Waals surface area contributed by atoms with Crippen molar-refractivity contribution >= 4 is 28.0 Å². The fourth-order valence-electron chi connectivity index (χ4n) is 4.68. The summed E-state index contributed by atoms with van der Waals surface area (Å²) in [5.41, 5.74) is 5.14. The molecule has 5 rings (SSSR count). The zero-order chi connectivity index (χ0) is 25.1. The van der Waals surface area contributed by atoms with Gasteiger partial charge in [-0.15, -0.1) is 0 Å². The lowest BCUT2D eigenvalue weighted by Crippen LogP contribution is -2.46. The molecule has 0 spiro atoms. The van der Waals surface area contributed by atoms with E-state index in [4.69, 9.17) is 0 Å². The van der Waals surface area contributed by atoms with E-state index in [9.17, 15) is 13.2 Å². The molecule has 0 unspecified atom stereocenters. The van der Waals surface area contributed by atoms with Gasteiger partial charge in [-0.05, 0) is 60.0 Å². The summed E-state index contributed by atoms with van der Waals surface area (Å²) in [6.07, 6.45) is -1.81. The zero-order valence-electron chi connectivity index (χ0n) is 20.2. The first-order chi connectivity index (χ1) is 17.4. The average molecular weight is 491 g/mol. The van der Waals surface area contributed by atoms with Crippen molar-refractivity contribution in [3.05, 3.63) is 95.7 Å². The van der Waals surface area contributed by atoms with Crippen LogP contribution in [0.3, 0.4) is 0 Å². The first-order valence-corrected chi connectivity index (χ1v) is 12.3. The maximum absolute atomic E-state index is 13.0. The highest BCUT2D eigenvalue weighted by Crippen LogP contribution is 2.33. The van der Waals surface area contributed by atoms with Crippen LogP contribution in [0.1, 0.15) is 23.6 Å². The second-order valence-electron chi connectivity index (χ2n) is 9.20. The summed E-state index contributed by atoms with van der Waals surface area (Å²) in [6, 6.07) is 22.5. The fourth-order valence-corrected chi connectivity index (χ4v) is 4.68. The van der Waals surface area contributed by atoms with Crippen molar-refractivity contribution in [1.29, 1.82) is 0 Å². The molecule has 186 valence electrons. The van der Waals surface area contributed by atoms with Crippen LogP contribution in [0.4, 0.5) is 30.2 Å². The van der Waals surface area contributed by atoms with E-state index in [1.165, 1.54) is 29.1 Å². The molecule has 0 amide bonds. The zero-order valence-corrected chi connectivity index (χ0v) is 20.2. The molecular weight excluding hydrogens is 461 g/mol. The summed E-state index contributed by atoms with van der Waals surface area (Å²) < 4.78 is 39.1. The van der Waals surface area contributed by atoms with Gasteiger partial charge < -0.3 is 10.2 Å². The number of halogens is 3. The lowest BCUT2D eigenvalue weighted by atomic mass is 10.1. The number of hydrogen-bond donors (Lipinski definition) is 1. The monoisotopic (exact) mass is 490 g/mol. The molecule has 1 N–H and O–H groups in total. The van der Waals surface area contributed by atoms with Crippen molar-refractivity contribution in [3.8, 4) is 0 Å². The summed E-state index contributed by atoms with van der Waals surface area (Å²) in [5, 5.41) is 3.98. The van der Waals surface area contributed by atoms with E-state index in [2.05, 4.69) is 63.4 Å². The van der Waals surface area contributed by atoms with Gasteiger partial charge in [-0.3, -0.25) is 9.88 Å². The van der Waals surface area contributed by atoms with Crippen molar-refractivity contribution < 1.29 is 13.2 Å². The third-order valence-corrected chi connectivity index (χ3v) is 6.77. The fraction of sp³-hybridized carbons (Fsp3) is 0.276. The van der Waals surface area contributed by atoms with E-state index < -0.39 is 11.7 Å². The van der Waals surface area contributed by atoms with E-state index in [1.807, 2.05) is 12.1 Å². The molecule has 1 aromatic heterocycles. The number of fused-ring (bicyclic) bond motifs is 1. The quantitative estimate of drug-likeness (QED) is 0.319. The van der Waals surface area contributed by atoms with Crippen molar-refractivity contribution in [2.75, 3.05) is 36.4 Å². The molecule has 0 radical (unpaired) electrons. The number of anilines is 3. The van der Waals surface area contributed by atoms with Crippen LogP contribution in [0.2, 0.25) is 0 Å². The van der Waals surface area contributed by atoms with Gasteiger partial charge in [0.05, 0.1) is 11.1 Å². The summed E-state index contributed by atoms with van der Waals surface area (Å²) >= 11 is 0. The summed E-state index contributed by atoms with van der Waals surface area (Å²) in [6.45, 7) is 7.13. The highest BCUT2D eigenvalue weighted by atomic mass is 19.4. The van der Waals surface area contributed by atoms with Gasteiger partial charge in [0.1, 0.15) is 0 Å². The number of piperazine rings is 1. The Kier molecular flexibility index (Phi) is 6.83. The average Bonchev–Trinajstić information content (AvgIpc) is 2.89. The van der Waals surface area contributed by atoms with Gasteiger partial charge in [-0.2, -0.15) is 13.2 Å². The van der Waals surface area contributed by atoms with Gasteiger partial charge >= 0.3 is 6.18 Å². The van der Waals surface area contributed by atoms with Crippen molar-refractivity contribution in [1.82, 2.24) is 9.88 Å². The van der Waals surface area contributed by atoms with Crippen LogP contribution >= 0.6 is 0 Å². The number of benzene rings is 3. The van der Waals surface area contributed by atoms with E-state index in [1.54, 1.807) is 6.07 Å². The molecule has 4 nitrogen and oxygen atoms in total. The molecule has 0 saturated carbocycles. The van der Waals surface area contributed by atoms with Crippen LogP contribution in [0.25, 0.3) is 10.9 Å². The molecule has 3 aromatic carbocycles. The molecule has 0 aliphatic carbocycles. The van der Waals surface area contributed by atoms with E-state index in [0.717, 1.165) is 62.7 Å². The van der Waals surface area contributed by atoms with Crippen LogP contribution < -0.4 is 10.2 Å². The first-order valence-electron chi connectivity index (χ1n) is 12.3. The lowest BCUT2D eigenvalue weighted by Gasteiger charge is -2.36. The molecule has 4 aromatic rings. The van der Waals surface area contributed by atoms with Crippen LogP contribution in [0.5, 0.6) is 0 Å². The minimum atomic E-state index is -4.39. The van der Waals surface area contributed by atoms with Crippen LogP contribution in [-0.4, -0.2) is 36.1 Å². The third-order valence-electron chi connectivity index (χ3n) is 6.77. The van der Waals surface area contributed by atoms with Crippen molar-refractivity contribution in [2.45, 2.75) is 26.1 Å². The second-order valence-corrected chi connectivity index (χ2v) is 9.20. The SMILES string of the molecule is CCc1cccc(N2CCN(Cc3ccc(Nc4ccnc5cc(C(F)(F)F)ccc45)cc3)CC2)c1. The maximum Gasteiger partial charge on any atom is 0.416 e. The summed E-state index contributed by atoms with van der Waals surface area (Å²) in [7, 11) is 0. The van der Waals surface area contributed by atoms with Crippen LogP contribution in [-0.2, 0) is 19.1 Å². The topological polar surface area (TPSA) is 31.4 Å². The number of pyridine rings is 1. The van der Waals surface area contributed by atoms with Crippen molar-refractivity contribution in [2.24, 2.45) is 0 Å². The van der Waals surface area contributed by atoms with Gasteiger partial charge in [0.15, 0.2) is 0 Å². The molecule has 0 atom stereocenters. The summed E-state index contributed by atoms with van der Waals surface area (Å²) in [4.78, 5) is 9.05. The van der Waals surface area contributed by atoms with Gasteiger partial charge in [-0.25, -0.2) is 0 Å². The molecular formula is C29H29F3N4. The number of aromatic nitrogens is 1. The van der Waals surface area contributed by atoms with E-state index >= 15 is 0 Å². The van der Waals surface area contributed by atoms with Crippen LogP contribution in [0.15, 0.2) is 79.0 Å². The molecule has 1 aliphatic rings. The molecule has 1 aliphatic heterocycles. The number of nitrogens with zero attached hydrogens (tertiary/aromatic N) is 3. The van der Waals surface area contributed by atoms with Gasteiger partial charge in [-0.1, -0.05) is 37.3 Å². The predicted molar refractivity (Wildman–Crippen MR) is 140 cm³/mol. The molecule has 36 heavy (non-hydrogen) atoms. The maximum atomic E-state index is 13.0. The van der Waals surface area contributed by atoms with Gasteiger partial charge in [0.2, 0.25) is 0 Å². The Morgan fingerprint density at radius 2 is 1.64 bits per heavy atom. The number of aryl methyl sites for hydroxylation is 1. The molecule has 1 fully saturated rings. The number of alkyl halides is 3. The smallest absolute Gasteiger partial charge is 0.369 e. The highest BCUT2D eigenvalue weighted by molar-refractivity contribution is 5.93. The molecule has 2 heterocycles. The molecule has 7 heteroatoms. The van der Waals surface area contributed by atoms with Gasteiger partial charge in [0.25, 0.3) is 0 Å². The second kappa shape index (κ2) is 10.2. The standard InChI is InChI=1S/C29H29F3N4/c1-2-21-4-3-5-25(18-21)36-16-14-35(15-17-36)20-22-6-9-24(10-7-22)34-27-12-13-33-28-19-23(29(30,31)32)8-11-26(27)28/h3-13,18-19H,2,14-17,20H2,1H3,(H,33,34). The number of hydrogen-bond acceptors (Lipinski definition) is 4. The largest absolute Gasteiger partial charge is 0.416 e. The summed E-state index contributed by atoms with van der Waals surface area (Å²) in [5.74, 6) is 0. The minimum absolute atomic E-state index is 0.312. The Labute approximate surface area is 209 Å². The Bertz CT molecular complexity index is 1330. The Morgan fingerprint density at radius 1 is 0.861 bits per heavy atom. The van der Waals surface area contributed by atoms with Crippen molar-refractivity contribution in [3.63, 3.8) is 0 Å². The normalized spacial score (nSPS) is 14.8. The lowest BCUT2D eigenvalue weighted by molar-refractivity contribution is -0.137. The van der Waals surface area contributed by atoms with E-state index in [0.29, 0.717) is 10.9 Å². The predicted octanol–water partition coefficient (Wildman–Crippen LogP) is 6.88. The van der Waals surface area contributed by atoms with Gasteiger partial charge in [0, 0.05) is 61.4 Å². The molecule has 0 bridgehead atoms. The van der Waals surface area contributed by atoms with E-state index in [-0.39, 0.29) is 0 Å². The third kappa shape index (κ3) is 5.46. The Balaban J connectivity index is 1.20. The number of rotatable bonds is 6. The molecule has 1 saturated heterocycles. The first kappa shape index (κ1) is 24.1. The Hall–Kier alpha value is -3.58.